The minimum Gasteiger partial charge on any atom is -0.456 e. The third-order valence-electron chi connectivity index (χ3n) is 3.78. The molecule has 0 aromatic heterocycles. The molecular weight excluding hydrogens is 318 g/mol. The summed E-state index contributed by atoms with van der Waals surface area (Å²) >= 11 is 0. The first-order valence-electron chi connectivity index (χ1n) is 8.13. The maximum atomic E-state index is 12.3. The Morgan fingerprint density at radius 3 is 2.48 bits per heavy atom. The topological polar surface area (TPSA) is 52.6 Å². The highest BCUT2D eigenvalue weighted by Crippen LogP contribution is 2.19. The van der Waals surface area contributed by atoms with E-state index >= 15 is 0 Å². The molecule has 0 aliphatic carbocycles. The number of rotatable bonds is 7. The summed E-state index contributed by atoms with van der Waals surface area (Å²) in [5.74, 6) is -0.769. The van der Waals surface area contributed by atoms with E-state index < -0.39 is 5.97 Å². The molecule has 0 saturated heterocycles. The molecule has 0 heterocycles. The van der Waals surface area contributed by atoms with Crippen LogP contribution in [0.1, 0.15) is 12.5 Å². The second-order valence-electron chi connectivity index (χ2n) is 6.49. The number of carbonyl (C=O) groups excluding carboxylic acids is 2. The van der Waals surface area contributed by atoms with Gasteiger partial charge in [-0.2, -0.15) is 0 Å². The van der Waals surface area contributed by atoms with Crippen molar-refractivity contribution in [2.24, 2.45) is 0 Å². The lowest BCUT2D eigenvalue weighted by Crippen LogP contribution is -2.44. The predicted octanol–water partition coefficient (Wildman–Crippen LogP) is 3.04. The fourth-order valence-electron chi connectivity index (χ4n) is 2.44. The number of hydroxylamine groups is 3. The van der Waals surface area contributed by atoms with Crippen molar-refractivity contribution in [2.75, 3.05) is 27.2 Å². The Hall–Kier alpha value is -2.66. The molecule has 5 nitrogen and oxygen atoms in total. The Morgan fingerprint density at radius 1 is 1.08 bits per heavy atom. The summed E-state index contributed by atoms with van der Waals surface area (Å²) in [6, 6.07) is 13.8. The molecule has 2 aromatic rings. The molecule has 0 atom stereocenters. The molecule has 0 aliphatic rings. The van der Waals surface area contributed by atoms with E-state index in [9.17, 15) is 9.59 Å². The van der Waals surface area contributed by atoms with Gasteiger partial charge in [0.15, 0.2) is 6.54 Å². The molecule has 0 amide bonds. The molecule has 0 saturated carbocycles. The number of nitrogens with zero attached hydrogens (tertiary/aromatic N) is 1. The number of fused-ring (bicyclic) bond motifs is 1. The van der Waals surface area contributed by atoms with Crippen molar-refractivity contribution in [3.05, 3.63) is 60.2 Å². The quantitative estimate of drug-likeness (QED) is 0.336. The molecule has 2 aromatic carbocycles. The highest BCUT2D eigenvalue weighted by atomic mass is 16.7. The monoisotopic (exact) mass is 342 g/mol. The van der Waals surface area contributed by atoms with E-state index in [4.69, 9.17) is 9.57 Å². The molecule has 25 heavy (non-hydrogen) atoms. The van der Waals surface area contributed by atoms with Crippen molar-refractivity contribution >= 4 is 22.7 Å². The number of ether oxygens (including phenoxy) is 1. The van der Waals surface area contributed by atoms with Crippen molar-refractivity contribution in [1.29, 1.82) is 0 Å². The van der Waals surface area contributed by atoms with E-state index in [1.54, 1.807) is 21.0 Å². The zero-order valence-electron chi connectivity index (χ0n) is 15.0. The molecule has 0 bridgehead atoms. The van der Waals surface area contributed by atoms with Crippen LogP contribution in [-0.4, -0.2) is 43.8 Å². The minimum atomic E-state index is -0.443. The smallest absolute Gasteiger partial charge is 0.370 e. The van der Waals surface area contributed by atoms with Gasteiger partial charge in [0.05, 0.1) is 6.42 Å². The highest BCUT2D eigenvalue weighted by Gasteiger charge is 2.23. The van der Waals surface area contributed by atoms with Crippen LogP contribution in [0.2, 0.25) is 0 Å². The number of likely N-dealkylation sites (N-methyl/N-ethyl adjacent to an activating group) is 1. The lowest BCUT2D eigenvalue weighted by Gasteiger charge is -2.25. The highest BCUT2D eigenvalue weighted by molar-refractivity contribution is 5.89. The number of hydrogen-bond acceptors (Lipinski definition) is 4. The average Bonchev–Trinajstić information content (AvgIpc) is 2.54. The summed E-state index contributed by atoms with van der Waals surface area (Å²) in [5.41, 5.74) is 1.27. The van der Waals surface area contributed by atoms with Gasteiger partial charge >= 0.3 is 11.9 Å². The van der Waals surface area contributed by atoms with E-state index in [0.29, 0.717) is 12.1 Å². The number of quaternary nitrogens is 1. The van der Waals surface area contributed by atoms with Gasteiger partial charge in [-0.25, -0.2) is 9.59 Å². The molecule has 0 N–H and O–H groups in total. The Labute approximate surface area is 148 Å². The molecule has 0 unspecified atom stereocenters. The van der Waals surface area contributed by atoms with Crippen LogP contribution >= 0.6 is 0 Å². The average molecular weight is 342 g/mol. The third kappa shape index (κ3) is 5.43. The standard InChI is InChI=1S/C20H24NO4/c1-15(2)20(23)24-13-12-21(3,4)25-19(22)14-17-10-7-9-16-8-5-6-11-18(16)17/h5-11H,1,12-14H2,2-4H3/q+1. The lowest BCUT2D eigenvalue weighted by molar-refractivity contribution is -1.06. The summed E-state index contributed by atoms with van der Waals surface area (Å²) in [5, 5.41) is 2.14. The van der Waals surface area contributed by atoms with Crippen LogP contribution in [0.5, 0.6) is 0 Å². The maximum absolute atomic E-state index is 12.3. The first-order valence-corrected chi connectivity index (χ1v) is 8.13. The maximum Gasteiger partial charge on any atom is 0.370 e. The Balaban J connectivity index is 1.94. The Morgan fingerprint density at radius 2 is 1.76 bits per heavy atom. The van der Waals surface area contributed by atoms with Gasteiger partial charge < -0.3 is 4.74 Å². The fourth-order valence-corrected chi connectivity index (χ4v) is 2.44. The molecule has 0 fully saturated rings. The Kier molecular flexibility index (Phi) is 5.93. The van der Waals surface area contributed by atoms with Crippen molar-refractivity contribution in [3.8, 4) is 0 Å². The molecule has 132 valence electrons. The number of esters is 1. The van der Waals surface area contributed by atoms with Crippen LogP contribution < -0.4 is 0 Å². The van der Waals surface area contributed by atoms with Gasteiger partial charge in [-0.1, -0.05) is 49.0 Å². The first-order chi connectivity index (χ1) is 11.8. The van der Waals surface area contributed by atoms with Crippen LogP contribution in [0.15, 0.2) is 54.6 Å². The molecule has 0 aliphatic heterocycles. The zero-order valence-corrected chi connectivity index (χ0v) is 15.0. The first kappa shape index (κ1) is 18.7. The van der Waals surface area contributed by atoms with Crippen LogP contribution in [-0.2, 0) is 25.6 Å². The number of benzene rings is 2. The summed E-state index contributed by atoms with van der Waals surface area (Å²) in [7, 11) is 3.49. The van der Waals surface area contributed by atoms with Crippen LogP contribution in [0.25, 0.3) is 10.8 Å². The van der Waals surface area contributed by atoms with Gasteiger partial charge in [0.2, 0.25) is 0 Å². The van der Waals surface area contributed by atoms with Crippen LogP contribution in [0.4, 0.5) is 0 Å². The van der Waals surface area contributed by atoms with Crippen molar-refractivity contribution in [2.45, 2.75) is 13.3 Å². The second kappa shape index (κ2) is 7.94. The van der Waals surface area contributed by atoms with Crippen LogP contribution in [0, 0.1) is 0 Å². The molecule has 0 spiro atoms. The third-order valence-corrected chi connectivity index (χ3v) is 3.78. The normalized spacial score (nSPS) is 11.2. The molecule has 2 rings (SSSR count). The van der Waals surface area contributed by atoms with E-state index in [2.05, 4.69) is 6.58 Å². The molecule has 5 heteroatoms. The van der Waals surface area contributed by atoms with Gasteiger partial charge in [0.25, 0.3) is 0 Å². The summed E-state index contributed by atoms with van der Waals surface area (Å²) in [4.78, 5) is 29.2. The van der Waals surface area contributed by atoms with E-state index in [0.717, 1.165) is 16.3 Å². The van der Waals surface area contributed by atoms with Crippen molar-refractivity contribution in [3.63, 3.8) is 0 Å². The summed E-state index contributed by atoms with van der Waals surface area (Å²) < 4.78 is 5.03. The fraction of sp³-hybridized carbons (Fsp3) is 0.300. The van der Waals surface area contributed by atoms with E-state index in [-0.39, 0.29) is 23.6 Å². The number of hydrogen-bond donors (Lipinski definition) is 0. The van der Waals surface area contributed by atoms with Gasteiger partial charge in [-0.05, 0) is 23.3 Å². The largest absolute Gasteiger partial charge is 0.456 e. The summed E-state index contributed by atoms with van der Waals surface area (Å²) in [6.45, 7) is 5.63. The SMILES string of the molecule is C=C(C)C(=O)OCC[N+](C)(C)OC(=O)Cc1cccc2ccccc12. The van der Waals surface area contributed by atoms with Crippen LogP contribution in [0.3, 0.4) is 0 Å². The second-order valence-corrected chi connectivity index (χ2v) is 6.49. The van der Waals surface area contributed by atoms with E-state index in [1.165, 1.54) is 0 Å². The van der Waals surface area contributed by atoms with Gasteiger partial charge in [0, 0.05) is 5.57 Å². The Bertz CT molecular complexity index is 790. The zero-order chi connectivity index (χ0) is 18.4. The minimum absolute atomic E-state index is 0.0208. The number of carbonyl (C=O) groups is 2. The molecular formula is C20H24NO4+. The van der Waals surface area contributed by atoms with Crippen molar-refractivity contribution in [1.82, 2.24) is 0 Å². The summed E-state index contributed by atoms with van der Waals surface area (Å²) in [6.07, 6.45) is 0.189. The van der Waals surface area contributed by atoms with Gasteiger partial charge in [-0.15, -0.1) is 4.65 Å². The lowest BCUT2D eigenvalue weighted by atomic mass is 10.0. The van der Waals surface area contributed by atoms with E-state index in [1.807, 2.05) is 42.5 Å². The predicted molar refractivity (Wildman–Crippen MR) is 96.5 cm³/mol. The van der Waals surface area contributed by atoms with Crippen molar-refractivity contribution < 1.29 is 23.8 Å². The molecule has 0 radical (unpaired) electrons. The van der Waals surface area contributed by atoms with Gasteiger partial charge in [0.1, 0.15) is 20.7 Å². The van der Waals surface area contributed by atoms with Gasteiger partial charge in [-0.3, -0.25) is 4.84 Å².